The molecule has 2 aromatic carbocycles. The molecule has 150 valence electrons. The summed E-state index contributed by atoms with van der Waals surface area (Å²) in [4.78, 5) is 12.5. The van der Waals surface area contributed by atoms with Crippen LogP contribution in [-0.4, -0.2) is 38.8 Å². The average Bonchev–Trinajstić information content (AvgIpc) is 2.69. The Morgan fingerprint density at radius 3 is 2.75 bits per heavy atom. The second kappa shape index (κ2) is 8.46. The van der Waals surface area contributed by atoms with Gasteiger partial charge in [0.15, 0.2) is 0 Å². The number of rotatable bonds is 5. The Balaban J connectivity index is 1.80. The summed E-state index contributed by atoms with van der Waals surface area (Å²) in [5.74, 6) is -1.36. The van der Waals surface area contributed by atoms with Crippen molar-refractivity contribution in [2.75, 3.05) is 25.5 Å². The molecule has 1 aliphatic rings. The molecular formula is C19H20ClFN2O4S. The lowest BCUT2D eigenvalue weighted by molar-refractivity contribution is -0.120. The molecule has 0 aliphatic carbocycles. The van der Waals surface area contributed by atoms with Crippen LogP contribution < -0.4 is 10.1 Å². The van der Waals surface area contributed by atoms with Crippen LogP contribution in [0.3, 0.4) is 0 Å². The number of piperidine rings is 1. The molecule has 28 heavy (non-hydrogen) atoms. The number of benzene rings is 2. The van der Waals surface area contributed by atoms with Crippen LogP contribution >= 0.6 is 11.6 Å². The molecular weight excluding hydrogens is 407 g/mol. The first kappa shape index (κ1) is 20.6. The van der Waals surface area contributed by atoms with E-state index in [1.54, 1.807) is 12.1 Å². The first-order valence-corrected chi connectivity index (χ1v) is 10.5. The van der Waals surface area contributed by atoms with Crippen LogP contribution in [0.2, 0.25) is 5.02 Å². The van der Waals surface area contributed by atoms with Gasteiger partial charge in [0.2, 0.25) is 15.9 Å². The molecule has 1 heterocycles. The van der Waals surface area contributed by atoms with E-state index in [2.05, 4.69) is 5.32 Å². The number of sulfonamides is 1. The van der Waals surface area contributed by atoms with Crippen molar-refractivity contribution in [3.63, 3.8) is 0 Å². The smallest absolute Gasteiger partial charge is 0.246 e. The lowest BCUT2D eigenvalue weighted by Crippen LogP contribution is -2.43. The van der Waals surface area contributed by atoms with Gasteiger partial charge in [-0.15, -0.1) is 0 Å². The van der Waals surface area contributed by atoms with Crippen molar-refractivity contribution in [2.24, 2.45) is 5.92 Å². The Morgan fingerprint density at radius 2 is 2.04 bits per heavy atom. The van der Waals surface area contributed by atoms with Crippen LogP contribution in [-0.2, 0) is 14.8 Å². The number of ether oxygens (including phenoxy) is 1. The van der Waals surface area contributed by atoms with Crippen molar-refractivity contribution in [3.05, 3.63) is 53.3 Å². The Hall–Kier alpha value is -2.16. The largest absolute Gasteiger partial charge is 0.495 e. The number of hydrogen-bond acceptors (Lipinski definition) is 4. The molecule has 1 saturated heterocycles. The van der Waals surface area contributed by atoms with E-state index in [1.165, 1.54) is 41.7 Å². The van der Waals surface area contributed by atoms with Crippen molar-refractivity contribution in [2.45, 2.75) is 17.7 Å². The van der Waals surface area contributed by atoms with Crippen molar-refractivity contribution in [1.29, 1.82) is 0 Å². The number of amides is 1. The maximum absolute atomic E-state index is 13.8. The van der Waals surface area contributed by atoms with Gasteiger partial charge < -0.3 is 10.1 Å². The lowest BCUT2D eigenvalue weighted by Gasteiger charge is -2.31. The van der Waals surface area contributed by atoms with Crippen molar-refractivity contribution >= 4 is 33.2 Å². The summed E-state index contributed by atoms with van der Waals surface area (Å²) in [5, 5.41) is 2.81. The van der Waals surface area contributed by atoms with Gasteiger partial charge in [-0.3, -0.25) is 4.79 Å². The zero-order valence-corrected chi connectivity index (χ0v) is 16.8. The van der Waals surface area contributed by atoms with Crippen molar-refractivity contribution in [3.8, 4) is 5.75 Å². The van der Waals surface area contributed by atoms with E-state index in [9.17, 15) is 17.6 Å². The lowest BCUT2D eigenvalue weighted by atomic mass is 9.98. The minimum atomic E-state index is -3.90. The number of carbonyl (C=O) groups is 1. The molecule has 2 aromatic rings. The molecule has 1 N–H and O–H groups in total. The molecule has 0 aromatic heterocycles. The fraction of sp³-hybridized carbons (Fsp3) is 0.316. The molecule has 1 fully saturated rings. The fourth-order valence-electron chi connectivity index (χ4n) is 3.16. The zero-order chi connectivity index (χ0) is 20.3. The first-order chi connectivity index (χ1) is 13.3. The Bertz CT molecular complexity index is 984. The summed E-state index contributed by atoms with van der Waals surface area (Å²) in [6.45, 7) is 0.278. The first-order valence-electron chi connectivity index (χ1n) is 8.72. The number of halogens is 2. The molecule has 1 atom stereocenters. The maximum Gasteiger partial charge on any atom is 0.246 e. The van der Waals surface area contributed by atoms with E-state index in [0.29, 0.717) is 12.8 Å². The van der Waals surface area contributed by atoms with Gasteiger partial charge in [-0.2, -0.15) is 4.31 Å². The van der Waals surface area contributed by atoms with Gasteiger partial charge in [-0.25, -0.2) is 12.8 Å². The number of nitrogens with zero attached hydrogens (tertiary/aromatic N) is 1. The highest BCUT2D eigenvalue weighted by molar-refractivity contribution is 7.89. The highest BCUT2D eigenvalue weighted by Crippen LogP contribution is 2.32. The molecule has 3 rings (SSSR count). The number of methoxy groups -OCH3 is 1. The van der Waals surface area contributed by atoms with Crippen molar-refractivity contribution < 1.29 is 22.3 Å². The summed E-state index contributed by atoms with van der Waals surface area (Å²) in [5.41, 5.74) is 0.0731. The van der Waals surface area contributed by atoms with Gasteiger partial charge in [0.1, 0.15) is 16.5 Å². The molecule has 1 aliphatic heterocycles. The zero-order valence-electron chi connectivity index (χ0n) is 15.2. The van der Waals surface area contributed by atoms with Gasteiger partial charge >= 0.3 is 0 Å². The molecule has 0 saturated carbocycles. The van der Waals surface area contributed by atoms with Gasteiger partial charge in [-0.1, -0.05) is 23.7 Å². The highest BCUT2D eigenvalue weighted by atomic mass is 35.5. The predicted octanol–water partition coefficient (Wildman–Crippen LogP) is 3.53. The number of nitrogens with one attached hydrogen (secondary N) is 1. The summed E-state index contributed by atoms with van der Waals surface area (Å²) >= 11 is 5.96. The number of hydrogen-bond donors (Lipinski definition) is 1. The van der Waals surface area contributed by atoms with E-state index < -0.39 is 27.7 Å². The van der Waals surface area contributed by atoms with Crippen LogP contribution in [0.1, 0.15) is 12.8 Å². The van der Waals surface area contributed by atoms with Crippen LogP contribution in [0.25, 0.3) is 0 Å². The average molecular weight is 427 g/mol. The van der Waals surface area contributed by atoms with Gasteiger partial charge in [0, 0.05) is 18.1 Å². The van der Waals surface area contributed by atoms with E-state index >= 15 is 0 Å². The predicted molar refractivity (Wildman–Crippen MR) is 105 cm³/mol. The SMILES string of the molecule is COc1ccc(Cl)cc1S(=O)(=O)N1CCC[C@H](C(=O)Nc2ccccc2F)C1. The second-order valence-electron chi connectivity index (χ2n) is 6.47. The monoisotopic (exact) mass is 426 g/mol. The Morgan fingerprint density at radius 1 is 1.29 bits per heavy atom. The van der Waals surface area contributed by atoms with Crippen LogP contribution in [0.15, 0.2) is 47.4 Å². The fourth-order valence-corrected chi connectivity index (χ4v) is 5.11. The summed E-state index contributed by atoms with van der Waals surface area (Å²) in [7, 11) is -2.53. The van der Waals surface area contributed by atoms with Gasteiger partial charge in [0.05, 0.1) is 18.7 Å². The molecule has 0 bridgehead atoms. The number of carbonyl (C=O) groups excluding carboxylic acids is 1. The third-order valence-corrected chi connectivity index (χ3v) is 6.75. The van der Waals surface area contributed by atoms with Crippen LogP contribution in [0, 0.1) is 11.7 Å². The highest BCUT2D eigenvalue weighted by Gasteiger charge is 2.35. The quantitative estimate of drug-likeness (QED) is 0.793. The minimum Gasteiger partial charge on any atom is -0.495 e. The molecule has 0 radical (unpaired) electrons. The maximum atomic E-state index is 13.8. The number of anilines is 1. The van der Waals surface area contributed by atoms with Gasteiger partial charge in [-0.05, 0) is 43.2 Å². The third-order valence-electron chi connectivity index (χ3n) is 4.63. The molecule has 0 spiro atoms. The van der Waals surface area contributed by atoms with E-state index in [-0.39, 0.29) is 34.4 Å². The number of para-hydroxylation sites is 1. The van der Waals surface area contributed by atoms with E-state index in [1.807, 2.05) is 0 Å². The molecule has 9 heteroatoms. The van der Waals surface area contributed by atoms with Crippen molar-refractivity contribution in [1.82, 2.24) is 4.31 Å². The van der Waals surface area contributed by atoms with E-state index in [0.717, 1.165) is 0 Å². The topological polar surface area (TPSA) is 75.7 Å². The van der Waals surface area contributed by atoms with Crippen LogP contribution in [0.5, 0.6) is 5.75 Å². The second-order valence-corrected chi connectivity index (χ2v) is 8.81. The molecule has 0 unspecified atom stereocenters. The molecule has 6 nitrogen and oxygen atoms in total. The normalized spacial score (nSPS) is 17.9. The summed E-state index contributed by atoms with van der Waals surface area (Å²) < 4.78 is 46.4. The van der Waals surface area contributed by atoms with Gasteiger partial charge in [0.25, 0.3) is 0 Å². The molecule has 1 amide bonds. The summed E-state index contributed by atoms with van der Waals surface area (Å²) in [6, 6.07) is 10.2. The van der Waals surface area contributed by atoms with E-state index in [4.69, 9.17) is 16.3 Å². The van der Waals surface area contributed by atoms with Crippen LogP contribution in [0.4, 0.5) is 10.1 Å². The summed E-state index contributed by atoms with van der Waals surface area (Å²) in [6.07, 6.45) is 1.02. The standard InChI is InChI=1S/C19H20ClFN2O4S/c1-27-17-9-8-14(20)11-18(17)28(25,26)23-10-4-5-13(12-23)19(24)22-16-7-3-2-6-15(16)21/h2-3,6-9,11,13H,4-5,10,12H2,1H3,(H,22,24)/t13-/m0/s1. The Kier molecular flexibility index (Phi) is 6.22. The minimum absolute atomic E-state index is 0.00170. The Labute approximate surface area is 168 Å². The third kappa shape index (κ3) is 4.29.